The van der Waals surface area contributed by atoms with Gasteiger partial charge in [0.15, 0.2) is 0 Å². The van der Waals surface area contributed by atoms with E-state index in [1.54, 1.807) is 11.8 Å². The molecule has 3 heterocycles. The van der Waals surface area contributed by atoms with E-state index in [9.17, 15) is 4.79 Å². The predicted molar refractivity (Wildman–Crippen MR) is 62.5 cm³/mol. The number of ether oxygens (including phenoxy) is 1. The van der Waals surface area contributed by atoms with Crippen molar-refractivity contribution in [2.24, 2.45) is 0 Å². The number of aromatic nitrogens is 2. The summed E-state index contributed by atoms with van der Waals surface area (Å²) in [5, 5.41) is 0. The Morgan fingerprint density at radius 2 is 2.44 bits per heavy atom. The zero-order valence-corrected chi connectivity index (χ0v) is 9.81. The fraction of sp³-hybridized carbons (Fsp3) is 0.636. The summed E-state index contributed by atoms with van der Waals surface area (Å²) in [6.07, 6.45) is 3.19. The maximum absolute atomic E-state index is 11.8. The summed E-state index contributed by atoms with van der Waals surface area (Å²) in [5.41, 5.74) is 1.88. The van der Waals surface area contributed by atoms with Crippen LogP contribution in [0.15, 0.2) is 4.79 Å². The van der Waals surface area contributed by atoms with E-state index in [0.717, 1.165) is 54.5 Å². The van der Waals surface area contributed by atoms with E-state index in [4.69, 9.17) is 4.74 Å². The number of rotatable bonds is 2. The van der Waals surface area contributed by atoms with Crippen LogP contribution in [0, 0.1) is 0 Å². The molecule has 0 spiro atoms. The van der Waals surface area contributed by atoms with Gasteiger partial charge in [-0.05, 0) is 12.8 Å². The molecule has 2 aliphatic heterocycles. The smallest absolute Gasteiger partial charge is 0.255 e. The van der Waals surface area contributed by atoms with Gasteiger partial charge in [0.2, 0.25) is 0 Å². The van der Waals surface area contributed by atoms with E-state index in [2.05, 4.69) is 9.97 Å². The van der Waals surface area contributed by atoms with Gasteiger partial charge in [0.1, 0.15) is 5.82 Å². The highest BCUT2D eigenvalue weighted by Crippen LogP contribution is 2.25. The van der Waals surface area contributed by atoms with Crippen LogP contribution >= 0.6 is 11.8 Å². The normalized spacial score (nSPS) is 23.6. The van der Waals surface area contributed by atoms with Gasteiger partial charge in [0, 0.05) is 30.1 Å². The molecule has 0 saturated carbocycles. The molecule has 1 aromatic rings. The van der Waals surface area contributed by atoms with E-state index >= 15 is 0 Å². The molecule has 1 fully saturated rings. The van der Waals surface area contributed by atoms with Crippen LogP contribution in [0.3, 0.4) is 0 Å². The Bertz CT molecular complexity index is 452. The van der Waals surface area contributed by atoms with Crippen LogP contribution in [0.5, 0.6) is 0 Å². The first-order valence-electron chi connectivity index (χ1n) is 5.63. The number of H-pyrrole nitrogens is 1. The van der Waals surface area contributed by atoms with E-state index in [1.165, 1.54) is 0 Å². The van der Waals surface area contributed by atoms with Crippen LogP contribution in [0.25, 0.3) is 0 Å². The molecule has 0 amide bonds. The summed E-state index contributed by atoms with van der Waals surface area (Å²) in [6.45, 7) is 0.843. The minimum Gasteiger partial charge on any atom is -0.378 e. The number of nitrogens with zero attached hydrogens (tertiary/aromatic N) is 1. The number of aromatic amines is 1. The van der Waals surface area contributed by atoms with Crippen molar-refractivity contribution in [1.29, 1.82) is 0 Å². The van der Waals surface area contributed by atoms with Crippen molar-refractivity contribution in [2.75, 3.05) is 6.61 Å². The zero-order valence-electron chi connectivity index (χ0n) is 8.99. The fourth-order valence-electron chi connectivity index (χ4n) is 2.23. The van der Waals surface area contributed by atoms with Crippen molar-refractivity contribution in [1.82, 2.24) is 9.97 Å². The number of fused-ring (bicyclic) bond motifs is 1. The Kier molecular flexibility index (Phi) is 2.73. The maximum Gasteiger partial charge on any atom is 0.255 e. The highest BCUT2D eigenvalue weighted by molar-refractivity contribution is 7.98. The van der Waals surface area contributed by atoms with Gasteiger partial charge in [-0.25, -0.2) is 4.98 Å². The zero-order chi connectivity index (χ0) is 11.0. The minimum atomic E-state index is 0.0444. The SMILES string of the molecule is O=c1[nH]c(CC2CCCO2)nc2c1CSC2. The van der Waals surface area contributed by atoms with Crippen LogP contribution in [0.2, 0.25) is 0 Å². The molecule has 1 aromatic heterocycles. The Hall–Kier alpha value is -0.810. The Balaban J connectivity index is 1.85. The topological polar surface area (TPSA) is 55.0 Å². The summed E-state index contributed by atoms with van der Waals surface area (Å²) >= 11 is 1.75. The lowest BCUT2D eigenvalue weighted by Crippen LogP contribution is -2.20. The number of hydrogen-bond acceptors (Lipinski definition) is 4. The first kappa shape index (κ1) is 10.4. The lowest BCUT2D eigenvalue weighted by molar-refractivity contribution is 0.110. The average molecular weight is 238 g/mol. The van der Waals surface area contributed by atoms with Gasteiger partial charge in [0.25, 0.3) is 5.56 Å². The quantitative estimate of drug-likeness (QED) is 0.842. The minimum absolute atomic E-state index is 0.0444. The molecule has 1 unspecified atom stereocenters. The van der Waals surface area contributed by atoms with Crippen LogP contribution in [0.1, 0.15) is 29.9 Å². The van der Waals surface area contributed by atoms with Gasteiger partial charge >= 0.3 is 0 Å². The molecule has 0 bridgehead atoms. The molecule has 3 rings (SSSR count). The van der Waals surface area contributed by atoms with Gasteiger partial charge in [0.05, 0.1) is 11.8 Å². The Morgan fingerprint density at radius 1 is 1.50 bits per heavy atom. The molecule has 1 atom stereocenters. The van der Waals surface area contributed by atoms with Crippen LogP contribution < -0.4 is 5.56 Å². The van der Waals surface area contributed by atoms with Gasteiger partial charge in [-0.2, -0.15) is 11.8 Å². The Labute approximate surface area is 97.8 Å². The average Bonchev–Trinajstić information content (AvgIpc) is 2.87. The largest absolute Gasteiger partial charge is 0.378 e. The van der Waals surface area contributed by atoms with E-state index in [-0.39, 0.29) is 11.7 Å². The van der Waals surface area contributed by atoms with E-state index in [0.29, 0.717) is 0 Å². The molecule has 2 aliphatic rings. The van der Waals surface area contributed by atoms with Crippen molar-refractivity contribution in [3.8, 4) is 0 Å². The monoisotopic (exact) mass is 238 g/mol. The summed E-state index contributed by atoms with van der Waals surface area (Å²) in [4.78, 5) is 19.2. The molecular weight excluding hydrogens is 224 g/mol. The molecule has 1 N–H and O–H groups in total. The standard InChI is InChI=1S/C11H14N2O2S/c14-11-8-5-16-6-9(8)12-10(13-11)4-7-2-1-3-15-7/h7H,1-6H2,(H,12,13,14). The second kappa shape index (κ2) is 4.22. The van der Waals surface area contributed by atoms with E-state index in [1.807, 2.05) is 0 Å². The van der Waals surface area contributed by atoms with Crippen LogP contribution in [-0.4, -0.2) is 22.7 Å². The third-order valence-corrected chi connectivity index (χ3v) is 4.05. The molecule has 5 heteroatoms. The molecule has 1 saturated heterocycles. The second-order valence-corrected chi connectivity index (χ2v) is 5.26. The van der Waals surface area contributed by atoms with Crippen LogP contribution in [-0.2, 0) is 22.7 Å². The molecule has 0 aliphatic carbocycles. The molecule has 0 aromatic carbocycles. The van der Waals surface area contributed by atoms with Gasteiger partial charge in [-0.3, -0.25) is 4.79 Å². The molecule has 0 radical (unpaired) electrons. The predicted octanol–water partition coefficient (Wildman–Crippen LogP) is 1.24. The van der Waals surface area contributed by atoms with Crippen molar-refractivity contribution in [3.63, 3.8) is 0 Å². The van der Waals surface area contributed by atoms with Gasteiger partial charge < -0.3 is 9.72 Å². The van der Waals surface area contributed by atoms with Crippen molar-refractivity contribution in [2.45, 2.75) is 36.9 Å². The number of thioether (sulfide) groups is 1. The number of nitrogens with one attached hydrogen (secondary N) is 1. The summed E-state index contributed by atoms with van der Waals surface area (Å²) in [5.74, 6) is 2.47. The second-order valence-electron chi connectivity index (χ2n) is 4.27. The first-order valence-corrected chi connectivity index (χ1v) is 6.78. The molecule has 16 heavy (non-hydrogen) atoms. The molecular formula is C11H14N2O2S. The van der Waals surface area contributed by atoms with Gasteiger partial charge in [-0.1, -0.05) is 0 Å². The fourth-order valence-corrected chi connectivity index (χ4v) is 3.27. The Morgan fingerprint density at radius 3 is 3.25 bits per heavy atom. The summed E-state index contributed by atoms with van der Waals surface area (Å²) in [6, 6.07) is 0. The van der Waals surface area contributed by atoms with Crippen LogP contribution in [0.4, 0.5) is 0 Å². The van der Waals surface area contributed by atoms with Crippen molar-refractivity contribution < 1.29 is 4.74 Å². The van der Waals surface area contributed by atoms with Gasteiger partial charge in [-0.15, -0.1) is 0 Å². The third-order valence-electron chi connectivity index (χ3n) is 3.08. The number of hydrogen-bond donors (Lipinski definition) is 1. The third kappa shape index (κ3) is 1.89. The molecule has 4 nitrogen and oxygen atoms in total. The summed E-state index contributed by atoms with van der Waals surface area (Å²) < 4.78 is 5.55. The highest BCUT2D eigenvalue weighted by atomic mass is 32.2. The van der Waals surface area contributed by atoms with E-state index < -0.39 is 0 Å². The highest BCUT2D eigenvalue weighted by Gasteiger charge is 2.21. The molecule has 86 valence electrons. The first-order chi connectivity index (χ1) is 7.83. The van der Waals surface area contributed by atoms with Crippen molar-refractivity contribution in [3.05, 3.63) is 27.4 Å². The van der Waals surface area contributed by atoms with Crippen molar-refractivity contribution >= 4 is 11.8 Å². The summed E-state index contributed by atoms with van der Waals surface area (Å²) in [7, 11) is 0. The lowest BCUT2D eigenvalue weighted by Gasteiger charge is -2.09. The lowest BCUT2D eigenvalue weighted by atomic mass is 10.1. The maximum atomic E-state index is 11.8.